The molecule has 0 fully saturated rings. The molecule has 32 heavy (non-hydrogen) atoms. The van der Waals surface area contributed by atoms with E-state index >= 15 is 0 Å². The molecule has 0 saturated heterocycles. The summed E-state index contributed by atoms with van der Waals surface area (Å²) in [5, 5.41) is 14.4. The molecule has 0 N–H and O–H groups in total. The molecule has 0 saturated carbocycles. The average Bonchev–Trinajstić information content (AvgIpc) is 2.75. The van der Waals surface area contributed by atoms with Crippen LogP contribution in [0.1, 0.15) is 50.3 Å². The van der Waals surface area contributed by atoms with Crippen LogP contribution in [0.2, 0.25) is 0 Å². The van der Waals surface area contributed by atoms with Gasteiger partial charge in [0, 0.05) is 11.6 Å². The second-order valence-electron chi connectivity index (χ2n) is 10.1. The first-order chi connectivity index (χ1) is 15.2. The number of benzene rings is 3. The minimum atomic E-state index is -0.425. The molecule has 1 aromatic heterocycles. The van der Waals surface area contributed by atoms with Crippen LogP contribution in [-0.2, 0) is 13.5 Å². The molecular weight excluding hydrogens is 392 g/mol. The van der Waals surface area contributed by atoms with Crippen LogP contribution < -0.4 is 9.30 Å². The molecule has 4 aromatic rings. The van der Waals surface area contributed by atoms with Crippen LogP contribution in [0, 0.1) is 23.7 Å². The Morgan fingerprint density at radius 3 is 2.50 bits per heavy atom. The third-order valence-electron chi connectivity index (χ3n) is 6.70. The van der Waals surface area contributed by atoms with Crippen molar-refractivity contribution < 1.29 is 9.30 Å². The monoisotopic (exact) mass is 421 g/mol. The van der Waals surface area contributed by atoms with Gasteiger partial charge in [0.2, 0.25) is 5.69 Å². The van der Waals surface area contributed by atoms with Crippen LogP contribution in [0.4, 0.5) is 0 Å². The van der Waals surface area contributed by atoms with E-state index in [0.717, 1.165) is 27.8 Å². The predicted molar refractivity (Wildman–Crippen MR) is 130 cm³/mol. The van der Waals surface area contributed by atoms with Crippen molar-refractivity contribution in [3.63, 3.8) is 0 Å². The molecule has 0 radical (unpaired) electrons. The quantitative estimate of drug-likeness (QED) is 0.291. The molecule has 0 bridgehead atoms. The normalized spacial score (nSPS) is 12.7. The standard InChI is InChI=1S/C29H29N2O/c1-17(2)24-22-10-8-7-9-21(22)18(3)25-27-26-20(11-12-31(27)6)13-19(15-29(4,5)16-30)14-23(26)32-28(24)25/h7-14,17H,15H2,1-6H3/q+1. The lowest BCUT2D eigenvalue weighted by atomic mass is 9.84. The number of hydrogen-bond donors (Lipinski definition) is 0. The van der Waals surface area contributed by atoms with Gasteiger partial charge in [0.15, 0.2) is 6.20 Å². The Labute approximate surface area is 189 Å². The van der Waals surface area contributed by atoms with Crippen molar-refractivity contribution in [3.8, 4) is 28.8 Å². The van der Waals surface area contributed by atoms with E-state index in [1.54, 1.807) is 0 Å². The van der Waals surface area contributed by atoms with Gasteiger partial charge >= 0.3 is 0 Å². The first kappa shape index (κ1) is 20.5. The van der Waals surface area contributed by atoms with Crippen molar-refractivity contribution in [2.75, 3.05) is 0 Å². The number of pyridine rings is 1. The first-order valence-corrected chi connectivity index (χ1v) is 11.3. The summed E-state index contributed by atoms with van der Waals surface area (Å²) in [6.07, 6.45) is 2.83. The lowest BCUT2D eigenvalue weighted by molar-refractivity contribution is -0.659. The van der Waals surface area contributed by atoms with Gasteiger partial charge in [-0.25, -0.2) is 4.57 Å². The number of fused-ring (bicyclic) bond motifs is 3. The van der Waals surface area contributed by atoms with Crippen molar-refractivity contribution in [3.05, 3.63) is 65.4 Å². The van der Waals surface area contributed by atoms with Crippen LogP contribution in [0.25, 0.3) is 32.8 Å². The molecule has 0 spiro atoms. The molecule has 3 aromatic carbocycles. The highest BCUT2D eigenvalue weighted by molar-refractivity contribution is 6.06. The molecule has 5 rings (SSSR count). The maximum Gasteiger partial charge on any atom is 0.228 e. The second-order valence-corrected chi connectivity index (χ2v) is 10.1. The Kier molecular flexibility index (Phi) is 4.53. The van der Waals surface area contributed by atoms with Gasteiger partial charge in [0.1, 0.15) is 18.5 Å². The molecule has 3 heteroatoms. The van der Waals surface area contributed by atoms with Gasteiger partial charge in [-0.05, 0) is 66.5 Å². The molecule has 0 unspecified atom stereocenters. The zero-order chi connectivity index (χ0) is 22.8. The summed E-state index contributed by atoms with van der Waals surface area (Å²) in [5.41, 5.74) is 5.61. The van der Waals surface area contributed by atoms with E-state index in [1.165, 1.54) is 33.2 Å². The minimum Gasteiger partial charge on any atom is -0.455 e. The van der Waals surface area contributed by atoms with Gasteiger partial charge in [-0.2, -0.15) is 5.26 Å². The first-order valence-electron chi connectivity index (χ1n) is 11.3. The van der Waals surface area contributed by atoms with Crippen molar-refractivity contribution in [1.29, 1.82) is 5.26 Å². The van der Waals surface area contributed by atoms with Crippen LogP contribution in [0.5, 0.6) is 11.5 Å². The number of aromatic nitrogens is 1. The van der Waals surface area contributed by atoms with Crippen LogP contribution >= 0.6 is 0 Å². The number of ether oxygens (including phenoxy) is 1. The summed E-state index contributed by atoms with van der Waals surface area (Å²) in [5.74, 6) is 2.19. The fourth-order valence-corrected chi connectivity index (χ4v) is 5.24. The molecule has 0 aliphatic carbocycles. The maximum absolute atomic E-state index is 9.56. The summed E-state index contributed by atoms with van der Waals surface area (Å²) < 4.78 is 9.00. The van der Waals surface area contributed by atoms with Crippen LogP contribution in [0.3, 0.4) is 0 Å². The van der Waals surface area contributed by atoms with Gasteiger partial charge in [0.05, 0.1) is 22.4 Å². The van der Waals surface area contributed by atoms with Gasteiger partial charge < -0.3 is 4.74 Å². The topological polar surface area (TPSA) is 36.9 Å². The molecule has 0 atom stereocenters. The number of nitriles is 1. The Balaban J connectivity index is 1.89. The van der Waals surface area contributed by atoms with Crippen molar-refractivity contribution in [2.45, 2.75) is 47.0 Å². The number of hydrogen-bond acceptors (Lipinski definition) is 2. The number of rotatable bonds is 3. The smallest absolute Gasteiger partial charge is 0.228 e. The molecule has 0 amide bonds. The third kappa shape index (κ3) is 2.98. The molecule has 2 heterocycles. The maximum atomic E-state index is 9.56. The van der Waals surface area contributed by atoms with Gasteiger partial charge in [0.25, 0.3) is 0 Å². The van der Waals surface area contributed by atoms with Gasteiger partial charge in [-0.1, -0.05) is 44.2 Å². The van der Waals surface area contributed by atoms with E-state index in [1.807, 2.05) is 13.8 Å². The van der Waals surface area contributed by atoms with E-state index in [9.17, 15) is 5.26 Å². The average molecular weight is 422 g/mol. The summed E-state index contributed by atoms with van der Waals surface area (Å²) in [4.78, 5) is 0. The molecule has 160 valence electrons. The molecule has 1 aliphatic heterocycles. The third-order valence-corrected chi connectivity index (χ3v) is 6.70. The summed E-state index contributed by atoms with van der Waals surface area (Å²) in [7, 11) is 2.12. The highest BCUT2D eigenvalue weighted by atomic mass is 16.5. The summed E-state index contributed by atoms with van der Waals surface area (Å²) >= 11 is 0. The van der Waals surface area contributed by atoms with E-state index in [2.05, 4.69) is 87.1 Å². The largest absolute Gasteiger partial charge is 0.455 e. The van der Waals surface area contributed by atoms with E-state index < -0.39 is 5.41 Å². The predicted octanol–water partition coefficient (Wildman–Crippen LogP) is 7.11. The van der Waals surface area contributed by atoms with Crippen molar-refractivity contribution in [2.24, 2.45) is 12.5 Å². The SMILES string of the molecule is Cc1c2c(c(C(C)C)c3ccccc13)Oc1cc(CC(C)(C)C#N)cc3cc[n+](C)c-2c13. The fraction of sp³-hybridized carbons (Fsp3) is 0.310. The van der Waals surface area contributed by atoms with E-state index in [4.69, 9.17) is 4.74 Å². The van der Waals surface area contributed by atoms with E-state index in [0.29, 0.717) is 12.3 Å². The van der Waals surface area contributed by atoms with Crippen molar-refractivity contribution >= 4 is 21.5 Å². The van der Waals surface area contributed by atoms with Gasteiger partial charge in [-0.15, -0.1) is 0 Å². The van der Waals surface area contributed by atoms with Gasteiger partial charge in [-0.3, -0.25) is 0 Å². The fourth-order valence-electron chi connectivity index (χ4n) is 5.24. The Morgan fingerprint density at radius 2 is 1.81 bits per heavy atom. The lowest BCUT2D eigenvalue weighted by Gasteiger charge is -2.27. The van der Waals surface area contributed by atoms with Crippen LogP contribution in [-0.4, -0.2) is 0 Å². The zero-order valence-corrected chi connectivity index (χ0v) is 19.7. The number of aryl methyl sites for hydroxylation is 2. The summed E-state index contributed by atoms with van der Waals surface area (Å²) in [6.45, 7) is 10.7. The minimum absolute atomic E-state index is 0.320. The lowest BCUT2D eigenvalue weighted by Crippen LogP contribution is -2.32. The zero-order valence-electron chi connectivity index (χ0n) is 19.7. The highest BCUT2D eigenvalue weighted by Crippen LogP contribution is 2.52. The van der Waals surface area contributed by atoms with Crippen LogP contribution in [0.15, 0.2) is 48.7 Å². The summed E-state index contributed by atoms with van der Waals surface area (Å²) in [6, 6.07) is 17.6. The van der Waals surface area contributed by atoms with E-state index in [-0.39, 0.29) is 0 Å². The van der Waals surface area contributed by atoms with Crippen molar-refractivity contribution in [1.82, 2.24) is 0 Å². The Morgan fingerprint density at radius 1 is 1.09 bits per heavy atom. The molecular formula is C29H29N2O+. The molecule has 3 nitrogen and oxygen atoms in total. The second kappa shape index (κ2) is 7.07. The Hall–Kier alpha value is -3.38. The molecule has 1 aliphatic rings. The Bertz CT molecular complexity index is 1450. The highest BCUT2D eigenvalue weighted by Gasteiger charge is 2.33. The number of nitrogens with zero attached hydrogens (tertiary/aromatic N) is 2.